The van der Waals surface area contributed by atoms with Gasteiger partial charge in [0.2, 0.25) is 0 Å². The number of halogens is 1. The van der Waals surface area contributed by atoms with Crippen LogP contribution in [-0.4, -0.2) is 23.6 Å². The standard InChI is InChI=1S/C26H24ClNO5/c1-3-32-23-15-19(13-21(27)24(23)33-16-18-11-9-17(2)10-12-18)14-22(26(30)31)28-25(29)20-7-5-4-6-8-20/h4-15H,3,16H2,1-2H3,(H,28,29)(H,30,31). The van der Waals surface area contributed by atoms with Crippen LogP contribution < -0.4 is 14.8 Å². The first-order chi connectivity index (χ1) is 15.9. The molecule has 0 spiro atoms. The van der Waals surface area contributed by atoms with Crippen LogP contribution in [0.25, 0.3) is 6.08 Å². The number of nitrogens with one attached hydrogen (secondary N) is 1. The number of hydrogen-bond donors (Lipinski definition) is 2. The molecule has 0 fully saturated rings. The minimum atomic E-state index is -1.28. The van der Waals surface area contributed by atoms with Crippen molar-refractivity contribution in [2.75, 3.05) is 6.61 Å². The van der Waals surface area contributed by atoms with Gasteiger partial charge in [-0.15, -0.1) is 0 Å². The van der Waals surface area contributed by atoms with Crippen LogP contribution in [0.4, 0.5) is 0 Å². The molecule has 3 aromatic carbocycles. The SMILES string of the molecule is CCOc1cc(C=C(NC(=O)c2ccccc2)C(=O)O)cc(Cl)c1OCc1ccc(C)cc1. The maximum atomic E-state index is 12.4. The van der Waals surface area contributed by atoms with Gasteiger partial charge in [0, 0.05) is 5.56 Å². The van der Waals surface area contributed by atoms with Gasteiger partial charge < -0.3 is 19.9 Å². The van der Waals surface area contributed by atoms with Gasteiger partial charge in [-0.05, 0) is 55.3 Å². The molecule has 1 amide bonds. The molecule has 7 heteroatoms. The van der Waals surface area contributed by atoms with Crippen LogP contribution in [0.5, 0.6) is 11.5 Å². The number of ether oxygens (including phenoxy) is 2. The van der Waals surface area contributed by atoms with E-state index in [2.05, 4.69) is 5.32 Å². The molecule has 0 aliphatic heterocycles. The molecule has 170 valence electrons. The summed E-state index contributed by atoms with van der Waals surface area (Å²) in [6.45, 7) is 4.49. The molecule has 0 saturated heterocycles. The number of amides is 1. The summed E-state index contributed by atoms with van der Waals surface area (Å²) in [6, 6.07) is 19.5. The Bertz CT molecular complexity index is 1160. The maximum Gasteiger partial charge on any atom is 0.352 e. The number of carbonyl (C=O) groups excluding carboxylic acids is 1. The van der Waals surface area contributed by atoms with Gasteiger partial charge in [0.15, 0.2) is 11.5 Å². The molecule has 2 N–H and O–H groups in total. The minimum Gasteiger partial charge on any atom is -0.490 e. The zero-order chi connectivity index (χ0) is 23.8. The van der Waals surface area contributed by atoms with E-state index in [9.17, 15) is 14.7 Å². The molecular formula is C26H24ClNO5. The van der Waals surface area contributed by atoms with E-state index >= 15 is 0 Å². The van der Waals surface area contributed by atoms with Crippen LogP contribution in [0.15, 0.2) is 72.4 Å². The third kappa shape index (κ3) is 6.60. The Balaban J connectivity index is 1.86. The highest BCUT2D eigenvalue weighted by molar-refractivity contribution is 6.32. The average Bonchev–Trinajstić information content (AvgIpc) is 2.80. The summed E-state index contributed by atoms with van der Waals surface area (Å²) in [5, 5.41) is 12.3. The average molecular weight is 466 g/mol. The van der Waals surface area contributed by atoms with Crippen molar-refractivity contribution in [3.05, 3.63) is 99.7 Å². The van der Waals surface area contributed by atoms with Gasteiger partial charge in [-0.3, -0.25) is 4.79 Å². The monoisotopic (exact) mass is 465 g/mol. The Hall–Kier alpha value is -3.77. The fraction of sp³-hybridized carbons (Fsp3) is 0.154. The molecule has 0 aliphatic carbocycles. The number of aryl methyl sites for hydroxylation is 1. The first-order valence-electron chi connectivity index (χ1n) is 10.3. The summed E-state index contributed by atoms with van der Waals surface area (Å²) >= 11 is 6.46. The van der Waals surface area contributed by atoms with Crippen LogP contribution in [0.1, 0.15) is 34.0 Å². The van der Waals surface area contributed by atoms with Crippen molar-refractivity contribution in [3.63, 3.8) is 0 Å². The van der Waals surface area contributed by atoms with Crippen molar-refractivity contribution in [2.45, 2.75) is 20.5 Å². The second-order valence-corrected chi connectivity index (χ2v) is 7.63. The highest BCUT2D eigenvalue weighted by Gasteiger charge is 2.16. The lowest BCUT2D eigenvalue weighted by Crippen LogP contribution is -2.27. The lowest BCUT2D eigenvalue weighted by atomic mass is 10.1. The van der Waals surface area contributed by atoms with Crippen molar-refractivity contribution in [1.29, 1.82) is 0 Å². The molecule has 33 heavy (non-hydrogen) atoms. The van der Waals surface area contributed by atoms with Gasteiger partial charge >= 0.3 is 5.97 Å². The molecule has 6 nitrogen and oxygen atoms in total. The summed E-state index contributed by atoms with van der Waals surface area (Å²) in [7, 11) is 0. The Morgan fingerprint density at radius 1 is 1.03 bits per heavy atom. The molecule has 0 atom stereocenters. The van der Waals surface area contributed by atoms with Crippen molar-refractivity contribution < 1.29 is 24.2 Å². The number of carboxylic acids is 1. The Labute approximate surface area is 197 Å². The van der Waals surface area contributed by atoms with E-state index in [0.717, 1.165) is 11.1 Å². The van der Waals surface area contributed by atoms with Crippen LogP contribution in [0, 0.1) is 6.92 Å². The van der Waals surface area contributed by atoms with E-state index in [1.807, 2.05) is 38.1 Å². The third-order valence-electron chi connectivity index (χ3n) is 4.66. The van der Waals surface area contributed by atoms with Gasteiger partial charge in [-0.1, -0.05) is 59.6 Å². The fourth-order valence-electron chi connectivity index (χ4n) is 3.02. The second kappa shape index (κ2) is 11.2. The lowest BCUT2D eigenvalue weighted by molar-refractivity contribution is -0.132. The van der Waals surface area contributed by atoms with Gasteiger partial charge in [0.05, 0.1) is 11.6 Å². The molecule has 0 aliphatic rings. The first kappa shape index (κ1) is 23.9. The van der Waals surface area contributed by atoms with E-state index in [4.69, 9.17) is 21.1 Å². The summed E-state index contributed by atoms with van der Waals surface area (Å²) < 4.78 is 11.6. The Morgan fingerprint density at radius 3 is 2.36 bits per heavy atom. The molecular weight excluding hydrogens is 442 g/mol. The molecule has 0 heterocycles. The number of hydrogen-bond acceptors (Lipinski definition) is 4. The van der Waals surface area contributed by atoms with Crippen molar-refractivity contribution >= 4 is 29.6 Å². The summed E-state index contributed by atoms with van der Waals surface area (Å²) in [5.41, 5.74) is 2.61. The van der Waals surface area contributed by atoms with Crippen LogP contribution in [0.3, 0.4) is 0 Å². The van der Waals surface area contributed by atoms with E-state index in [1.54, 1.807) is 42.5 Å². The quantitative estimate of drug-likeness (QED) is 0.408. The number of aliphatic carboxylic acids is 1. The maximum absolute atomic E-state index is 12.4. The molecule has 3 aromatic rings. The minimum absolute atomic E-state index is 0.262. The number of carboxylic acid groups (broad SMARTS) is 1. The molecule has 0 bridgehead atoms. The molecule has 0 unspecified atom stereocenters. The molecule has 0 aromatic heterocycles. The van der Waals surface area contributed by atoms with Crippen LogP contribution in [0.2, 0.25) is 5.02 Å². The zero-order valence-corrected chi connectivity index (χ0v) is 19.1. The van der Waals surface area contributed by atoms with Gasteiger partial charge in [0.1, 0.15) is 12.3 Å². The van der Waals surface area contributed by atoms with Crippen molar-refractivity contribution in [1.82, 2.24) is 5.32 Å². The van der Waals surface area contributed by atoms with Crippen molar-refractivity contribution in [3.8, 4) is 11.5 Å². The van der Waals surface area contributed by atoms with E-state index < -0.39 is 11.9 Å². The van der Waals surface area contributed by atoms with Gasteiger partial charge in [0.25, 0.3) is 5.91 Å². The highest BCUT2D eigenvalue weighted by Crippen LogP contribution is 2.37. The Kier molecular flexibility index (Phi) is 8.11. The number of carbonyl (C=O) groups is 2. The second-order valence-electron chi connectivity index (χ2n) is 7.22. The largest absolute Gasteiger partial charge is 0.490 e. The first-order valence-corrected chi connectivity index (χ1v) is 10.7. The normalized spacial score (nSPS) is 11.1. The van der Waals surface area contributed by atoms with E-state index in [0.29, 0.717) is 35.8 Å². The number of benzene rings is 3. The zero-order valence-electron chi connectivity index (χ0n) is 18.3. The summed E-state index contributed by atoms with van der Waals surface area (Å²) in [4.78, 5) is 24.1. The summed E-state index contributed by atoms with van der Waals surface area (Å²) in [5.74, 6) is -1.07. The van der Waals surface area contributed by atoms with Crippen LogP contribution >= 0.6 is 11.6 Å². The highest BCUT2D eigenvalue weighted by atomic mass is 35.5. The van der Waals surface area contributed by atoms with Gasteiger partial charge in [-0.25, -0.2) is 4.79 Å². The Morgan fingerprint density at radius 2 is 1.73 bits per heavy atom. The smallest absolute Gasteiger partial charge is 0.352 e. The van der Waals surface area contributed by atoms with Crippen LogP contribution in [-0.2, 0) is 11.4 Å². The lowest BCUT2D eigenvalue weighted by Gasteiger charge is -2.15. The predicted octanol–water partition coefficient (Wildman–Crippen LogP) is 5.48. The topological polar surface area (TPSA) is 84.9 Å². The van der Waals surface area contributed by atoms with E-state index in [1.165, 1.54) is 6.08 Å². The van der Waals surface area contributed by atoms with Crippen molar-refractivity contribution in [2.24, 2.45) is 0 Å². The predicted molar refractivity (Wildman–Crippen MR) is 128 cm³/mol. The fourth-order valence-corrected chi connectivity index (χ4v) is 3.29. The third-order valence-corrected chi connectivity index (χ3v) is 4.94. The molecule has 0 saturated carbocycles. The van der Waals surface area contributed by atoms with E-state index in [-0.39, 0.29) is 10.7 Å². The number of rotatable bonds is 9. The summed E-state index contributed by atoms with van der Waals surface area (Å²) in [6.07, 6.45) is 1.32. The molecule has 3 rings (SSSR count). The van der Waals surface area contributed by atoms with Gasteiger partial charge in [-0.2, -0.15) is 0 Å². The molecule has 0 radical (unpaired) electrons.